The predicted octanol–water partition coefficient (Wildman–Crippen LogP) is 4.14. The number of rotatable bonds is 3. The molecule has 5 heteroatoms. The maximum atomic E-state index is 6.16. The average molecular weight is 287 g/mol. The molecule has 1 aromatic carbocycles. The molecule has 0 unspecified atom stereocenters. The van der Waals surface area contributed by atoms with Gasteiger partial charge in [-0.1, -0.05) is 36.2 Å². The van der Waals surface area contributed by atoms with E-state index in [0.717, 1.165) is 27.6 Å². The van der Waals surface area contributed by atoms with E-state index in [9.17, 15) is 0 Å². The molecule has 0 fully saturated rings. The van der Waals surface area contributed by atoms with Crippen molar-refractivity contribution in [3.8, 4) is 10.6 Å². The van der Waals surface area contributed by atoms with Crippen LogP contribution < -0.4 is 5.73 Å². The fourth-order valence-electron chi connectivity index (χ4n) is 1.63. The summed E-state index contributed by atoms with van der Waals surface area (Å²) in [6, 6.07) is 5.46. The fourth-order valence-corrected chi connectivity index (χ4v) is 3.42. The van der Waals surface area contributed by atoms with E-state index < -0.39 is 0 Å². The van der Waals surface area contributed by atoms with Crippen LogP contribution in [0.2, 0.25) is 10.0 Å². The molecule has 90 valence electrons. The lowest BCUT2D eigenvalue weighted by atomic mass is 10.2. The van der Waals surface area contributed by atoms with E-state index >= 15 is 0 Å². The zero-order valence-corrected chi connectivity index (χ0v) is 11.7. The van der Waals surface area contributed by atoms with Gasteiger partial charge >= 0.3 is 0 Å². The maximum Gasteiger partial charge on any atom is 0.126 e. The molecule has 0 radical (unpaired) electrons. The van der Waals surface area contributed by atoms with Crippen LogP contribution >= 0.6 is 34.5 Å². The van der Waals surface area contributed by atoms with Crippen molar-refractivity contribution < 1.29 is 0 Å². The summed E-state index contributed by atoms with van der Waals surface area (Å²) in [6.07, 6.45) is 0.866. The molecule has 0 aliphatic rings. The average Bonchev–Trinajstić information content (AvgIpc) is 2.72. The zero-order chi connectivity index (χ0) is 12.4. The van der Waals surface area contributed by atoms with Crippen LogP contribution in [0.4, 0.5) is 0 Å². The van der Waals surface area contributed by atoms with Crippen molar-refractivity contribution in [3.05, 3.63) is 38.8 Å². The molecule has 0 spiro atoms. The number of aryl methyl sites for hydroxylation is 1. The standard InChI is InChI=1S/C12H12Cl2N2S/c1-2-9-10(6-15)17-12(16-9)11-7(13)4-3-5-8(11)14/h3-5H,2,6,15H2,1H3. The highest BCUT2D eigenvalue weighted by molar-refractivity contribution is 7.15. The topological polar surface area (TPSA) is 38.9 Å². The zero-order valence-electron chi connectivity index (χ0n) is 9.34. The number of hydrogen-bond donors (Lipinski definition) is 1. The first-order valence-corrected chi connectivity index (χ1v) is 6.87. The number of thiazole rings is 1. The number of hydrogen-bond acceptors (Lipinski definition) is 3. The van der Waals surface area contributed by atoms with Gasteiger partial charge in [-0.05, 0) is 18.6 Å². The van der Waals surface area contributed by atoms with Crippen molar-refractivity contribution in [1.82, 2.24) is 4.98 Å². The number of halogens is 2. The molecule has 0 atom stereocenters. The van der Waals surface area contributed by atoms with Gasteiger partial charge < -0.3 is 5.73 Å². The minimum Gasteiger partial charge on any atom is -0.326 e. The van der Waals surface area contributed by atoms with E-state index in [1.807, 2.05) is 18.2 Å². The third-order valence-electron chi connectivity index (χ3n) is 2.48. The van der Waals surface area contributed by atoms with E-state index in [2.05, 4.69) is 11.9 Å². The van der Waals surface area contributed by atoms with Gasteiger partial charge in [-0.3, -0.25) is 0 Å². The Bertz CT molecular complexity index is 496. The largest absolute Gasteiger partial charge is 0.326 e. The molecule has 2 rings (SSSR count). The Morgan fingerprint density at radius 2 is 1.94 bits per heavy atom. The molecule has 1 heterocycles. The minimum absolute atomic E-state index is 0.503. The van der Waals surface area contributed by atoms with Crippen LogP contribution in [0.25, 0.3) is 10.6 Å². The summed E-state index contributed by atoms with van der Waals surface area (Å²) in [4.78, 5) is 5.66. The van der Waals surface area contributed by atoms with Gasteiger partial charge in [-0.25, -0.2) is 4.98 Å². The van der Waals surface area contributed by atoms with Crippen LogP contribution in [0.15, 0.2) is 18.2 Å². The highest BCUT2D eigenvalue weighted by atomic mass is 35.5. The highest BCUT2D eigenvalue weighted by Crippen LogP contribution is 2.37. The van der Waals surface area contributed by atoms with E-state index in [-0.39, 0.29) is 0 Å². The fraction of sp³-hybridized carbons (Fsp3) is 0.250. The molecule has 1 aromatic heterocycles. The summed E-state index contributed by atoms with van der Waals surface area (Å²) >= 11 is 13.9. The quantitative estimate of drug-likeness (QED) is 0.921. The molecule has 0 saturated carbocycles. The van der Waals surface area contributed by atoms with Crippen LogP contribution in [0, 0.1) is 0 Å². The Labute approximate surface area is 114 Å². The van der Waals surface area contributed by atoms with Crippen molar-refractivity contribution in [1.29, 1.82) is 0 Å². The lowest BCUT2D eigenvalue weighted by Gasteiger charge is -2.02. The van der Waals surface area contributed by atoms with E-state index in [4.69, 9.17) is 28.9 Å². The number of aromatic nitrogens is 1. The van der Waals surface area contributed by atoms with Gasteiger partial charge in [-0.15, -0.1) is 11.3 Å². The van der Waals surface area contributed by atoms with Crippen LogP contribution in [0.1, 0.15) is 17.5 Å². The molecule has 0 amide bonds. The first-order valence-electron chi connectivity index (χ1n) is 5.30. The lowest BCUT2D eigenvalue weighted by Crippen LogP contribution is -1.96. The summed E-state index contributed by atoms with van der Waals surface area (Å²) < 4.78 is 0. The molecule has 2 N–H and O–H groups in total. The molecular formula is C12H12Cl2N2S. The molecule has 0 bridgehead atoms. The van der Waals surface area contributed by atoms with Gasteiger partial charge in [0.05, 0.1) is 15.7 Å². The van der Waals surface area contributed by atoms with Crippen molar-refractivity contribution in [2.75, 3.05) is 0 Å². The summed E-state index contributed by atoms with van der Waals surface area (Å²) in [5.74, 6) is 0. The minimum atomic E-state index is 0.503. The normalized spacial score (nSPS) is 10.8. The van der Waals surface area contributed by atoms with Crippen LogP contribution in [0.5, 0.6) is 0 Å². The predicted molar refractivity (Wildman–Crippen MR) is 74.8 cm³/mol. The Morgan fingerprint density at radius 1 is 1.29 bits per heavy atom. The van der Waals surface area contributed by atoms with E-state index in [1.54, 1.807) is 11.3 Å². The Balaban J connectivity index is 2.57. The molecular weight excluding hydrogens is 275 g/mol. The third-order valence-corrected chi connectivity index (χ3v) is 4.24. The SMILES string of the molecule is CCc1nc(-c2c(Cl)cccc2Cl)sc1CN. The van der Waals surface area contributed by atoms with Crippen LogP contribution in [0.3, 0.4) is 0 Å². The van der Waals surface area contributed by atoms with Crippen molar-refractivity contribution in [3.63, 3.8) is 0 Å². The molecule has 17 heavy (non-hydrogen) atoms. The second-order valence-electron chi connectivity index (χ2n) is 3.54. The highest BCUT2D eigenvalue weighted by Gasteiger charge is 2.15. The third kappa shape index (κ3) is 2.47. The second-order valence-corrected chi connectivity index (χ2v) is 5.44. The van der Waals surface area contributed by atoms with E-state index in [1.165, 1.54) is 0 Å². The monoisotopic (exact) mass is 286 g/mol. The first-order chi connectivity index (χ1) is 8.17. The second kappa shape index (κ2) is 5.36. The van der Waals surface area contributed by atoms with Gasteiger partial charge in [0.15, 0.2) is 0 Å². The number of nitrogens with zero attached hydrogens (tertiary/aromatic N) is 1. The van der Waals surface area contributed by atoms with Crippen molar-refractivity contribution in [2.24, 2.45) is 5.73 Å². The van der Waals surface area contributed by atoms with Crippen LogP contribution in [-0.4, -0.2) is 4.98 Å². The smallest absolute Gasteiger partial charge is 0.126 e. The molecule has 0 aliphatic carbocycles. The van der Waals surface area contributed by atoms with Gasteiger partial charge in [0, 0.05) is 17.0 Å². The lowest BCUT2D eigenvalue weighted by molar-refractivity contribution is 0.989. The summed E-state index contributed by atoms with van der Waals surface area (Å²) in [5.41, 5.74) is 7.53. The maximum absolute atomic E-state index is 6.16. The van der Waals surface area contributed by atoms with E-state index in [0.29, 0.717) is 16.6 Å². The van der Waals surface area contributed by atoms with Gasteiger partial charge in [-0.2, -0.15) is 0 Å². The Hall–Kier alpha value is -0.610. The van der Waals surface area contributed by atoms with Gasteiger partial charge in [0.25, 0.3) is 0 Å². The summed E-state index contributed by atoms with van der Waals surface area (Å²) in [7, 11) is 0. The molecule has 2 nitrogen and oxygen atoms in total. The molecule has 0 saturated heterocycles. The summed E-state index contributed by atoms with van der Waals surface area (Å²) in [6.45, 7) is 2.56. The van der Waals surface area contributed by atoms with Gasteiger partial charge in [0.1, 0.15) is 5.01 Å². The van der Waals surface area contributed by atoms with Crippen molar-refractivity contribution in [2.45, 2.75) is 19.9 Å². The Kier molecular flexibility index (Phi) is 4.05. The molecule has 0 aliphatic heterocycles. The van der Waals surface area contributed by atoms with Crippen molar-refractivity contribution >= 4 is 34.5 Å². The summed E-state index contributed by atoms with van der Waals surface area (Å²) in [5, 5.41) is 2.09. The number of nitrogens with two attached hydrogens (primary N) is 1. The van der Waals surface area contributed by atoms with Gasteiger partial charge in [0.2, 0.25) is 0 Å². The first kappa shape index (κ1) is 12.8. The Morgan fingerprint density at radius 3 is 2.41 bits per heavy atom. The number of benzene rings is 1. The molecule has 2 aromatic rings. The van der Waals surface area contributed by atoms with Crippen LogP contribution in [-0.2, 0) is 13.0 Å².